The first-order valence-electron chi connectivity index (χ1n) is 8.59. The topological polar surface area (TPSA) is 104 Å². The molecule has 0 amide bonds. The summed E-state index contributed by atoms with van der Waals surface area (Å²) in [6.45, 7) is 3.60. The Morgan fingerprint density at radius 1 is 1.24 bits per heavy atom. The Bertz CT molecular complexity index is 1100. The molecule has 0 radical (unpaired) electrons. The van der Waals surface area contributed by atoms with Gasteiger partial charge in [-0.1, -0.05) is 11.6 Å². The van der Waals surface area contributed by atoms with Crippen LogP contribution in [-0.2, 0) is 16.1 Å². The number of aromatic nitrogens is 2. The number of rotatable bonds is 6. The van der Waals surface area contributed by atoms with Gasteiger partial charge >= 0.3 is 11.9 Å². The molecule has 0 saturated heterocycles. The van der Waals surface area contributed by atoms with Crippen LogP contribution in [0.2, 0.25) is 5.02 Å². The molecule has 2 heterocycles. The molecule has 10 heteroatoms. The molecule has 0 aliphatic rings. The van der Waals surface area contributed by atoms with Crippen LogP contribution in [0.3, 0.4) is 0 Å². The second kappa shape index (κ2) is 8.98. The molecule has 0 unspecified atom stereocenters. The summed E-state index contributed by atoms with van der Waals surface area (Å²) in [5.74, 6) is -0.559. The van der Waals surface area contributed by atoms with Crippen LogP contribution in [0.5, 0.6) is 0 Å². The second-order valence-electron chi connectivity index (χ2n) is 5.90. The average Bonchev–Trinajstić information content (AvgIpc) is 3.03. The van der Waals surface area contributed by atoms with Crippen molar-refractivity contribution < 1.29 is 19.1 Å². The Morgan fingerprint density at radius 3 is 2.69 bits per heavy atom. The van der Waals surface area contributed by atoms with Crippen LogP contribution in [-0.4, -0.2) is 34.8 Å². The van der Waals surface area contributed by atoms with Crippen LogP contribution < -0.4 is 5.73 Å². The molecule has 3 rings (SSSR count). The summed E-state index contributed by atoms with van der Waals surface area (Å²) in [6.07, 6.45) is 1.90. The predicted octanol–water partition coefficient (Wildman–Crippen LogP) is 4.49. The SMILES string of the molecule is CCOC(=O)c1sc2nc(COC(=O)c3cc(SC)ccc3Cl)nc(N)c2c1C. The zero-order valence-corrected chi connectivity index (χ0v) is 18.3. The molecule has 0 saturated carbocycles. The number of fused-ring (bicyclic) bond motifs is 1. The van der Waals surface area contributed by atoms with Crippen molar-refractivity contribution in [1.29, 1.82) is 0 Å². The maximum atomic E-state index is 12.4. The van der Waals surface area contributed by atoms with Crippen molar-refractivity contribution in [2.45, 2.75) is 25.3 Å². The van der Waals surface area contributed by atoms with Crippen LogP contribution in [0.25, 0.3) is 10.2 Å². The highest BCUT2D eigenvalue weighted by molar-refractivity contribution is 7.98. The molecule has 0 atom stereocenters. The molecular weight excluding hydrogens is 434 g/mol. The van der Waals surface area contributed by atoms with Crippen molar-refractivity contribution in [2.24, 2.45) is 0 Å². The van der Waals surface area contributed by atoms with Gasteiger partial charge in [-0.2, -0.15) is 0 Å². The third-order valence-corrected chi connectivity index (χ3v) is 6.27. The molecule has 0 spiro atoms. The molecular formula is C19H18ClN3O4S2. The molecule has 0 aliphatic carbocycles. The number of nitrogens with zero attached hydrogens (tertiary/aromatic N) is 2. The molecule has 152 valence electrons. The highest BCUT2D eigenvalue weighted by atomic mass is 35.5. The monoisotopic (exact) mass is 451 g/mol. The zero-order chi connectivity index (χ0) is 21.1. The van der Waals surface area contributed by atoms with E-state index in [1.165, 1.54) is 23.1 Å². The van der Waals surface area contributed by atoms with E-state index in [4.69, 9.17) is 26.8 Å². The van der Waals surface area contributed by atoms with Crippen LogP contribution >= 0.6 is 34.7 Å². The summed E-state index contributed by atoms with van der Waals surface area (Å²) >= 11 is 8.77. The number of halogens is 1. The van der Waals surface area contributed by atoms with Crippen molar-refractivity contribution in [3.63, 3.8) is 0 Å². The fourth-order valence-electron chi connectivity index (χ4n) is 2.67. The number of thiophene rings is 1. The number of carbonyl (C=O) groups is 2. The number of carbonyl (C=O) groups excluding carboxylic acids is 2. The normalized spacial score (nSPS) is 10.9. The average molecular weight is 452 g/mol. The van der Waals surface area contributed by atoms with Gasteiger partial charge in [0, 0.05) is 4.90 Å². The lowest BCUT2D eigenvalue weighted by Crippen LogP contribution is -2.09. The van der Waals surface area contributed by atoms with E-state index in [1.807, 2.05) is 12.3 Å². The third-order valence-electron chi connectivity index (χ3n) is 4.05. The van der Waals surface area contributed by atoms with Gasteiger partial charge in [0.1, 0.15) is 15.5 Å². The lowest BCUT2D eigenvalue weighted by atomic mass is 10.2. The number of hydrogen-bond acceptors (Lipinski definition) is 9. The van der Waals surface area contributed by atoms with Crippen molar-refractivity contribution >= 4 is 62.7 Å². The second-order valence-corrected chi connectivity index (χ2v) is 8.19. The van der Waals surface area contributed by atoms with Crippen molar-refractivity contribution in [2.75, 3.05) is 18.6 Å². The summed E-state index contributed by atoms with van der Waals surface area (Å²) in [4.78, 5) is 35.0. The number of ether oxygens (including phenoxy) is 2. The standard InChI is InChI=1S/C19H18ClN3O4S2/c1-4-26-19(25)15-9(2)14-16(21)22-13(23-17(14)29-15)8-27-18(24)11-7-10(28-3)5-6-12(11)20/h5-7H,4,8H2,1-3H3,(H2,21,22,23). The van der Waals surface area contributed by atoms with Crippen LogP contribution in [0.4, 0.5) is 5.82 Å². The van der Waals surface area contributed by atoms with Crippen LogP contribution in [0.15, 0.2) is 23.1 Å². The summed E-state index contributed by atoms with van der Waals surface area (Å²) in [6, 6.07) is 5.14. The highest BCUT2D eigenvalue weighted by Crippen LogP contribution is 2.33. The van der Waals surface area contributed by atoms with Gasteiger partial charge in [-0.25, -0.2) is 19.6 Å². The van der Waals surface area contributed by atoms with Gasteiger partial charge in [0.15, 0.2) is 12.4 Å². The minimum absolute atomic E-state index is 0.176. The number of nitrogen functional groups attached to an aromatic ring is 1. The Balaban J connectivity index is 1.84. The Hall–Kier alpha value is -2.36. The number of aryl methyl sites for hydroxylation is 1. The molecule has 1 aromatic carbocycles. The number of nitrogens with two attached hydrogens (primary N) is 1. The lowest BCUT2D eigenvalue weighted by molar-refractivity contribution is 0.0461. The Labute approximate surface area is 180 Å². The third kappa shape index (κ3) is 4.47. The molecule has 0 aliphatic heterocycles. The number of esters is 2. The molecule has 2 aromatic heterocycles. The summed E-state index contributed by atoms with van der Waals surface area (Å²) < 4.78 is 10.4. The Morgan fingerprint density at radius 2 is 2.00 bits per heavy atom. The number of thioether (sulfide) groups is 1. The fraction of sp³-hybridized carbons (Fsp3) is 0.263. The van der Waals surface area contributed by atoms with Crippen molar-refractivity contribution in [3.05, 3.63) is 45.1 Å². The maximum Gasteiger partial charge on any atom is 0.348 e. The van der Waals surface area contributed by atoms with Gasteiger partial charge in [-0.15, -0.1) is 23.1 Å². The number of hydrogen-bond donors (Lipinski definition) is 1. The molecule has 29 heavy (non-hydrogen) atoms. The minimum atomic E-state index is -0.581. The lowest BCUT2D eigenvalue weighted by Gasteiger charge is -2.08. The van der Waals surface area contributed by atoms with E-state index in [2.05, 4.69) is 9.97 Å². The van der Waals surface area contributed by atoms with E-state index in [1.54, 1.807) is 26.0 Å². The number of benzene rings is 1. The quantitative estimate of drug-likeness (QED) is 0.431. The highest BCUT2D eigenvalue weighted by Gasteiger charge is 2.21. The summed E-state index contributed by atoms with van der Waals surface area (Å²) in [5.41, 5.74) is 7.00. The van der Waals surface area contributed by atoms with E-state index in [-0.39, 0.29) is 30.4 Å². The fourth-order valence-corrected chi connectivity index (χ4v) is 4.40. The smallest absolute Gasteiger partial charge is 0.348 e. The minimum Gasteiger partial charge on any atom is -0.462 e. The Kier molecular flexibility index (Phi) is 6.61. The molecule has 7 nitrogen and oxygen atoms in total. The summed E-state index contributed by atoms with van der Waals surface area (Å²) in [5, 5.41) is 0.903. The van der Waals surface area contributed by atoms with Gasteiger partial charge in [0.05, 0.1) is 22.6 Å². The summed E-state index contributed by atoms with van der Waals surface area (Å²) in [7, 11) is 0. The van der Waals surface area contributed by atoms with E-state index in [0.29, 0.717) is 25.7 Å². The van der Waals surface area contributed by atoms with Gasteiger partial charge < -0.3 is 15.2 Å². The van der Waals surface area contributed by atoms with E-state index >= 15 is 0 Å². The first-order valence-corrected chi connectivity index (χ1v) is 11.0. The predicted molar refractivity (Wildman–Crippen MR) is 115 cm³/mol. The van der Waals surface area contributed by atoms with Gasteiger partial charge in [-0.3, -0.25) is 0 Å². The van der Waals surface area contributed by atoms with E-state index in [0.717, 1.165) is 4.90 Å². The maximum absolute atomic E-state index is 12.4. The molecule has 2 N–H and O–H groups in total. The number of anilines is 1. The van der Waals surface area contributed by atoms with E-state index in [9.17, 15) is 9.59 Å². The first-order chi connectivity index (χ1) is 13.8. The molecule has 0 bridgehead atoms. The zero-order valence-electron chi connectivity index (χ0n) is 15.9. The molecule has 3 aromatic rings. The van der Waals surface area contributed by atoms with E-state index < -0.39 is 11.9 Å². The van der Waals surface area contributed by atoms with Crippen molar-refractivity contribution in [1.82, 2.24) is 9.97 Å². The molecule has 0 fully saturated rings. The first kappa shape index (κ1) is 21.4. The van der Waals surface area contributed by atoms with Crippen LogP contribution in [0.1, 0.15) is 38.3 Å². The van der Waals surface area contributed by atoms with Crippen molar-refractivity contribution in [3.8, 4) is 0 Å². The van der Waals surface area contributed by atoms with Gasteiger partial charge in [0.2, 0.25) is 0 Å². The van der Waals surface area contributed by atoms with Crippen LogP contribution in [0, 0.1) is 6.92 Å². The largest absolute Gasteiger partial charge is 0.462 e. The van der Waals surface area contributed by atoms with Gasteiger partial charge in [0.25, 0.3) is 0 Å². The van der Waals surface area contributed by atoms with Gasteiger partial charge in [-0.05, 0) is 43.9 Å².